The van der Waals surface area contributed by atoms with Gasteiger partial charge in [-0.15, -0.1) is 0 Å². The lowest BCUT2D eigenvalue weighted by atomic mass is 10.0. The van der Waals surface area contributed by atoms with Gasteiger partial charge in [-0.1, -0.05) is 12.1 Å². The van der Waals surface area contributed by atoms with E-state index < -0.39 is 42.0 Å². The van der Waals surface area contributed by atoms with Gasteiger partial charge in [-0.3, -0.25) is 19.4 Å². The van der Waals surface area contributed by atoms with Crippen molar-refractivity contribution in [1.29, 1.82) is 0 Å². The summed E-state index contributed by atoms with van der Waals surface area (Å²) in [5, 5.41) is 23.8. The molecule has 1 fully saturated rings. The maximum absolute atomic E-state index is 13.2. The van der Waals surface area contributed by atoms with Crippen LogP contribution in [0.1, 0.15) is 31.2 Å². The van der Waals surface area contributed by atoms with Crippen molar-refractivity contribution in [3.63, 3.8) is 0 Å². The smallest absolute Gasteiger partial charge is 0.327 e. The van der Waals surface area contributed by atoms with E-state index in [0.29, 0.717) is 44.3 Å². The van der Waals surface area contributed by atoms with Gasteiger partial charge in [0.05, 0.1) is 6.04 Å². The number of nitrogens with two attached hydrogens (primary N) is 3. The predicted octanol–water partition coefficient (Wildman–Crippen LogP) is -1.71. The molecule has 1 heterocycles. The first-order valence-corrected chi connectivity index (χ1v) is 12.5. The molecule has 0 aromatic heterocycles. The Morgan fingerprint density at radius 3 is 2.41 bits per heavy atom. The Morgan fingerprint density at radius 2 is 1.81 bits per heavy atom. The molecule has 2 rings (SSSR count). The van der Waals surface area contributed by atoms with Crippen LogP contribution >= 0.6 is 12.6 Å². The number of nitrogens with one attached hydrogen (secondary N) is 2. The summed E-state index contributed by atoms with van der Waals surface area (Å²) in [6.45, 7) is 0.666. The lowest BCUT2D eigenvalue weighted by Gasteiger charge is -2.28. The Kier molecular flexibility index (Phi) is 11.5. The quantitative estimate of drug-likeness (QED) is 0.0619. The van der Waals surface area contributed by atoms with Crippen molar-refractivity contribution in [1.82, 2.24) is 15.5 Å². The van der Waals surface area contributed by atoms with Crippen LogP contribution in [0.25, 0.3) is 0 Å². The molecule has 0 bridgehead atoms. The minimum atomic E-state index is -1.26. The van der Waals surface area contributed by atoms with E-state index in [4.69, 9.17) is 17.2 Å². The number of aromatic hydroxyl groups is 1. The second-order valence-corrected chi connectivity index (χ2v) is 9.12. The number of hydrogen-bond donors (Lipinski definition) is 8. The van der Waals surface area contributed by atoms with Crippen LogP contribution in [0.3, 0.4) is 0 Å². The lowest BCUT2D eigenvalue weighted by Crippen LogP contribution is -2.57. The standard InChI is InChI=1S/C23H35N7O6S/c24-15(3-1-9-27-23(25)26)21(34)30-10-2-4-18(30)20(33)28-16(11-13-5-7-14(31)8-6-13)19(32)29-17(12-37)22(35)36/h5-8,15-18,31,37H,1-4,9-12,24H2,(H,28,33)(H,29,32)(H,35,36)(H4,25,26,27). The first-order valence-electron chi connectivity index (χ1n) is 11.9. The number of guanidine groups is 1. The van der Waals surface area contributed by atoms with E-state index in [2.05, 4.69) is 28.3 Å². The average Bonchev–Trinajstić information content (AvgIpc) is 3.35. The fourth-order valence-corrected chi connectivity index (χ4v) is 4.21. The number of likely N-dealkylation sites (tertiary alicyclic amines) is 1. The summed E-state index contributed by atoms with van der Waals surface area (Å²) < 4.78 is 0. The monoisotopic (exact) mass is 537 g/mol. The highest BCUT2D eigenvalue weighted by molar-refractivity contribution is 7.80. The van der Waals surface area contributed by atoms with Crippen LogP contribution in [0.4, 0.5) is 0 Å². The van der Waals surface area contributed by atoms with Gasteiger partial charge >= 0.3 is 5.97 Å². The Balaban J connectivity index is 2.12. The molecule has 1 aromatic rings. The number of amides is 3. The summed E-state index contributed by atoms with van der Waals surface area (Å²) in [7, 11) is 0. The number of carboxylic acid groups (broad SMARTS) is 1. The number of aliphatic carboxylic acids is 1. The zero-order valence-corrected chi connectivity index (χ0v) is 21.3. The van der Waals surface area contributed by atoms with Gasteiger partial charge in [-0.2, -0.15) is 12.6 Å². The molecule has 0 radical (unpaired) electrons. The largest absolute Gasteiger partial charge is 0.508 e. The summed E-state index contributed by atoms with van der Waals surface area (Å²) in [5.74, 6) is -3.07. The molecule has 1 saturated heterocycles. The second-order valence-electron chi connectivity index (χ2n) is 8.76. The molecule has 3 amide bonds. The Bertz CT molecular complexity index is 986. The topological polar surface area (TPSA) is 226 Å². The molecule has 0 spiro atoms. The molecule has 4 atom stereocenters. The fourth-order valence-electron chi connectivity index (χ4n) is 3.96. The lowest BCUT2D eigenvalue weighted by molar-refractivity contribution is -0.142. The van der Waals surface area contributed by atoms with Crippen molar-refractivity contribution in [3.8, 4) is 5.75 Å². The van der Waals surface area contributed by atoms with Crippen LogP contribution in [0.5, 0.6) is 5.75 Å². The van der Waals surface area contributed by atoms with Crippen molar-refractivity contribution in [3.05, 3.63) is 29.8 Å². The Labute approximate surface area is 220 Å². The molecule has 10 N–H and O–H groups in total. The molecule has 0 aliphatic carbocycles. The molecule has 204 valence electrons. The van der Waals surface area contributed by atoms with Gasteiger partial charge in [0.1, 0.15) is 23.9 Å². The third kappa shape index (κ3) is 9.13. The maximum Gasteiger partial charge on any atom is 0.327 e. The summed E-state index contributed by atoms with van der Waals surface area (Å²) >= 11 is 3.96. The van der Waals surface area contributed by atoms with Gasteiger partial charge in [0.2, 0.25) is 17.7 Å². The van der Waals surface area contributed by atoms with Gasteiger partial charge in [0, 0.05) is 25.3 Å². The zero-order chi connectivity index (χ0) is 27.5. The molecule has 37 heavy (non-hydrogen) atoms. The number of phenols is 1. The Hall–Kier alpha value is -3.52. The zero-order valence-electron chi connectivity index (χ0n) is 20.4. The fraction of sp³-hybridized carbons (Fsp3) is 0.522. The number of hydrogen-bond acceptors (Lipinski definition) is 8. The molecule has 14 heteroatoms. The molecular formula is C23H35N7O6S. The van der Waals surface area contributed by atoms with E-state index in [1.54, 1.807) is 12.1 Å². The highest BCUT2D eigenvalue weighted by Gasteiger charge is 2.37. The number of rotatable bonds is 13. The van der Waals surface area contributed by atoms with Crippen LogP contribution in [0.15, 0.2) is 29.3 Å². The molecule has 0 saturated carbocycles. The molecule has 4 unspecified atom stereocenters. The highest BCUT2D eigenvalue weighted by atomic mass is 32.1. The SMILES string of the molecule is NC(N)=NCCCC(N)C(=O)N1CCCC1C(=O)NC(Cc1ccc(O)cc1)C(=O)NC(CS)C(=O)O. The first-order chi connectivity index (χ1) is 17.5. The van der Waals surface area contributed by atoms with Gasteiger partial charge in [0.15, 0.2) is 5.96 Å². The van der Waals surface area contributed by atoms with Gasteiger partial charge in [-0.05, 0) is 43.4 Å². The van der Waals surface area contributed by atoms with E-state index in [-0.39, 0.29) is 29.8 Å². The Morgan fingerprint density at radius 1 is 1.14 bits per heavy atom. The molecule has 13 nitrogen and oxygen atoms in total. The highest BCUT2D eigenvalue weighted by Crippen LogP contribution is 2.20. The number of carboxylic acids is 1. The number of carbonyl (C=O) groups is 4. The summed E-state index contributed by atoms with van der Waals surface area (Å²) in [6, 6.07) is 1.99. The summed E-state index contributed by atoms with van der Waals surface area (Å²) in [5.41, 5.74) is 17.3. The summed E-state index contributed by atoms with van der Waals surface area (Å²) in [6.07, 6.45) is 1.81. The minimum Gasteiger partial charge on any atom is -0.508 e. The number of nitrogens with zero attached hydrogens (tertiary/aromatic N) is 2. The van der Waals surface area contributed by atoms with Crippen molar-refractivity contribution >= 4 is 42.3 Å². The van der Waals surface area contributed by atoms with Crippen LogP contribution in [-0.4, -0.2) is 87.8 Å². The molecule has 1 aliphatic rings. The van der Waals surface area contributed by atoms with Crippen LogP contribution in [0, 0.1) is 0 Å². The van der Waals surface area contributed by atoms with Crippen LogP contribution < -0.4 is 27.8 Å². The van der Waals surface area contributed by atoms with Crippen molar-refractivity contribution in [2.75, 3.05) is 18.8 Å². The van der Waals surface area contributed by atoms with E-state index in [1.807, 2.05) is 0 Å². The van der Waals surface area contributed by atoms with Crippen LogP contribution in [-0.2, 0) is 25.6 Å². The van der Waals surface area contributed by atoms with E-state index in [9.17, 15) is 29.4 Å². The number of thiol groups is 1. The molecular weight excluding hydrogens is 502 g/mol. The number of carbonyl (C=O) groups excluding carboxylic acids is 3. The average molecular weight is 538 g/mol. The number of phenolic OH excluding ortho intramolecular Hbond substituents is 1. The van der Waals surface area contributed by atoms with E-state index in [0.717, 1.165) is 0 Å². The number of aliphatic imine (C=N–C) groups is 1. The van der Waals surface area contributed by atoms with E-state index in [1.165, 1.54) is 17.0 Å². The van der Waals surface area contributed by atoms with Gasteiger partial charge < -0.3 is 42.9 Å². The van der Waals surface area contributed by atoms with Gasteiger partial charge in [-0.25, -0.2) is 4.79 Å². The summed E-state index contributed by atoms with van der Waals surface area (Å²) in [4.78, 5) is 55.8. The number of benzene rings is 1. The minimum absolute atomic E-state index is 0.0295. The maximum atomic E-state index is 13.2. The van der Waals surface area contributed by atoms with Gasteiger partial charge in [0.25, 0.3) is 0 Å². The molecule has 1 aromatic carbocycles. The van der Waals surface area contributed by atoms with Crippen molar-refractivity contribution < 1.29 is 29.4 Å². The van der Waals surface area contributed by atoms with Crippen molar-refractivity contribution in [2.45, 2.75) is 56.3 Å². The predicted molar refractivity (Wildman–Crippen MR) is 140 cm³/mol. The van der Waals surface area contributed by atoms with Crippen molar-refractivity contribution in [2.24, 2.45) is 22.2 Å². The first kappa shape index (κ1) is 29.7. The second kappa shape index (κ2) is 14.3. The third-order valence-electron chi connectivity index (χ3n) is 5.93. The molecule has 1 aliphatic heterocycles. The van der Waals surface area contributed by atoms with Crippen LogP contribution in [0.2, 0.25) is 0 Å². The van der Waals surface area contributed by atoms with E-state index >= 15 is 0 Å². The third-order valence-corrected chi connectivity index (χ3v) is 6.29. The normalized spacial score (nSPS) is 17.4.